The zero-order chi connectivity index (χ0) is 20.4. The summed E-state index contributed by atoms with van der Waals surface area (Å²) in [5, 5.41) is 44.8. The second-order valence-electron chi connectivity index (χ2n) is 5.71. The molecule has 0 saturated heterocycles. The van der Waals surface area contributed by atoms with Gasteiger partial charge in [0.05, 0.1) is 32.7 Å². The summed E-state index contributed by atoms with van der Waals surface area (Å²) in [6.45, 7) is 0. The Morgan fingerprint density at radius 2 is 1.14 bits per heavy atom. The van der Waals surface area contributed by atoms with Crippen molar-refractivity contribution >= 4 is 40.0 Å². The lowest BCUT2D eigenvalue weighted by Crippen LogP contribution is -2.04. The van der Waals surface area contributed by atoms with Crippen molar-refractivity contribution in [2.75, 3.05) is 0 Å². The van der Waals surface area contributed by atoms with Gasteiger partial charge in [-0.05, 0) is 21.9 Å². The second-order valence-corrected chi connectivity index (χ2v) is 5.71. The van der Waals surface area contributed by atoms with E-state index >= 15 is 0 Å². The highest BCUT2D eigenvalue weighted by molar-refractivity contribution is 6.04. The lowest BCUT2D eigenvalue weighted by atomic mass is 10.0. The van der Waals surface area contributed by atoms with Gasteiger partial charge in [0.2, 0.25) is 0 Å². The molecular formula is C18H10N3O7-. The molecule has 4 rings (SSSR count). The van der Waals surface area contributed by atoms with E-state index in [0.29, 0.717) is 12.1 Å². The minimum absolute atomic E-state index is 0.384. The number of rotatable bonds is 3. The van der Waals surface area contributed by atoms with Gasteiger partial charge in [0, 0.05) is 0 Å². The Labute approximate surface area is 156 Å². The van der Waals surface area contributed by atoms with Gasteiger partial charge in [-0.3, -0.25) is 30.3 Å². The predicted molar refractivity (Wildman–Crippen MR) is 98.7 cm³/mol. The van der Waals surface area contributed by atoms with Crippen molar-refractivity contribution in [3.05, 3.63) is 90.0 Å². The van der Waals surface area contributed by atoms with E-state index in [1.165, 1.54) is 21.9 Å². The Hall–Kier alpha value is -4.34. The average Bonchev–Trinajstić information content (AvgIpc) is 3.07. The second kappa shape index (κ2) is 7.11. The molecule has 0 amide bonds. The highest BCUT2D eigenvalue weighted by Crippen LogP contribution is 2.36. The number of nitrogens with zero attached hydrogens (tertiary/aromatic N) is 3. The van der Waals surface area contributed by atoms with Crippen molar-refractivity contribution < 1.29 is 19.9 Å². The first-order valence-electron chi connectivity index (χ1n) is 7.77. The van der Waals surface area contributed by atoms with Crippen molar-refractivity contribution in [1.82, 2.24) is 0 Å². The number of hydrogen-bond acceptors (Lipinski definition) is 7. The maximum atomic E-state index is 11.1. The number of benzene rings is 3. The molecule has 28 heavy (non-hydrogen) atoms. The zero-order valence-corrected chi connectivity index (χ0v) is 14.0. The fraction of sp³-hybridized carbons (Fsp3) is 0. The topological polar surface area (TPSA) is 152 Å². The monoisotopic (exact) mass is 380 g/mol. The van der Waals surface area contributed by atoms with Gasteiger partial charge in [-0.2, -0.15) is 0 Å². The molecule has 140 valence electrons. The van der Waals surface area contributed by atoms with Crippen LogP contribution in [-0.2, 0) is 0 Å². The molecule has 3 aromatic rings. The molecule has 0 aliphatic heterocycles. The molecule has 0 aromatic heterocycles. The van der Waals surface area contributed by atoms with Gasteiger partial charge in [0.1, 0.15) is 0 Å². The van der Waals surface area contributed by atoms with Crippen LogP contribution >= 0.6 is 0 Å². The molecular weight excluding hydrogens is 370 g/mol. The van der Waals surface area contributed by atoms with E-state index in [1.807, 2.05) is 0 Å². The third-order valence-corrected chi connectivity index (χ3v) is 4.05. The van der Waals surface area contributed by atoms with Crippen LogP contribution in [0.1, 0.15) is 11.1 Å². The molecule has 0 fully saturated rings. The van der Waals surface area contributed by atoms with Crippen LogP contribution < -0.4 is 5.11 Å². The maximum Gasteiger partial charge on any atom is 0.283 e. The van der Waals surface area contributed by atoms with Crippen molar-refractivity contribution in [3.8, 4) is 5.75 Å². The highest BCUT2D eigenvalue weighted by atomic mass is 16.6. The molecule has 0 unspecified atom stereocenters. The van der Waals surface area contributed by atoms with E-state index in [9.17, 15) is 35.4 Å². The molecule has 0 saturated carbocycles. The van der Waals surface area contributed by atoms with E-state index in [0.717, 1.165) is 0 Å². The van der Waals surface area contributed by atoms with E-state index in [-0.39, 0.29) is 0 Å². The molecule has 1 aliphatic carbocycles. The van der Waals surface area contributed by atoms with E-state index < -0.39 is 37.6 Å². The van der Waals surface area contributed by atoms with Crippen molar-refractivity contribution in [2.24, 2.45) is 0 Å². The molecule has 10 nitrogen and oxygen atoms in total. The Balaban J connectivity index is 0.000000166. The van der Waals surface area contributed by atoms with Crippen molar-refractivity contribution in [3.63, 3.8) is 0 Å². The number of hydrogen-bond donors (Lipinski definition) is 0. The standard InChI is InChI=1S/C12H8.C6H3N3O7/c1-3-9-4-2-6-11-8-7-10(5-1)12(9)11;10-6-4(8(13)14)1-3(7(11)12)2-5(6)9(15)16/h1-8H;1-2,10H/p-1. The third kappa shape index (κ3) is 3.33. The van der Waals surface area contributed by atoms with Crippen LogP contribution in [0.25, 0.3) is 22.9 Å². The lowest BCUT2D eigenvalue weighted by Gasteiger charge is -2.06. The lowest BCUT2D eigenvalue weighted by molar-refractivity contribution is -0.420. The van der Waals surface area contributed by atoms with E-state index in [4.69, 9.17) is 0 Å². The summed E-state index contributed by atoms with van der Waals surface area (Å²) in [5.41, 5.74) is -0.564. The summed E-state index contributed by atoms with van der Waals surface area (Å²) >= 11 is 0. The highest BCUT2D eigenvalue weighted by Gasteiger charge is 2.24. The summed E-state index contributed by atoms with van der Waals surface area (Å²) in [6, 6.07) is 13.6. The Morgan fingerprint density at radius 3 is 1.54 bits per heavy atom. The smallest absolute Gasteiger partial charge is 0.283 e. The minimum Gasteiger partial charge on any atom is -0.863 e. The SMILES string of the molecule is C1=Cc2cccc3cccc1c23.O=[N+]([O-])c1cc([N+](=O)[O-])c([O-])c([N+](=O)[O-])c1. The molecule has 0 N–H and O–H groups in total. The van der Waals surface area contributed by atoms with Crippen LogP contribution in [0.2, 0.25) is 0 Å². The molecule has 3 aromatic carbocycles. The third-order valence-electron chi connectivity index (χ3n) is 4.05. The van der Waals surface area contributed by atoms with Crippen molar-refractivity contribution in [1.29, 1.82) is 0 Å². The summed E-state index contributed by atoms with van der Waals surface area (Å²) < 4.78 is 0. The average molecular weight is 380 g/mol. The Morgan fingerprint density at radius 1 is 0.679 bits per heavy atom. The number of non-ortho nitro benzene ring substituents is 1. The van der Waals surface area contributed by atoms with Gasteiger partial charge >= 0.3 is 0 Å². The van der Waals surface area contributed by atoms with Gasteiger partial charge in [-0.25, -0.2) is 0 Å². The van der Waals surface area contributed by atoms with Crippen LogP contribution in [0.15, 0.2) is 48.5 Å². The van der Waals surface area contributed by atoms with E-state index in [1.54, 1.807) is 0 Å². The Bertz CT molecular complexity index is 1100. The summed E-state index contributed by atoms with van der Waals surface area (Å²) in [6.07, 6.45) is 4.36. The molecule has 0 bridgehead atoms. The van der Waals surface area contributed by atoms with Crippen LogP contribution in [-0.4, -0.2) is 14.8 Å². The van der Waals surface area contributed by atoms with Gasteiger partial charge in [-0.15, -0.1) is 0 Å². The minimum atomic E-state index is -1.46. The van der Waals surface area contributed by atoms with Crippen molar-refractivity contribution in [2.45, 2.75) is 0 Å². The summed E-state index contributed by atoms with van der Waals surface area (Å²) in [7, 11) is 0. The summed E-state index contributed by atoms with van der Waals surface area (Å²) in [4.78, 5) is 27.5. The first kappa shape index (κ1) is 18.5. The van der Waals surface area contributed by atoms with Crippen LogP contribution in [0, 0.1) is 30.3 Å². The van der Waals surface area contributed by atoms with E-state index in [2.05, 4.69) is 48.6 Å². The fourth-order valence-corrected chi connectivity index (χ4v) is 2.82. The largest absolute Gasteiger partial charge is 0.863 e. The number of nitro benzene ring substituents is 3. The molecule has 0 heterocycles. The summed E-state index contributed by atoms with van der Waals surface area (Å²) in [5.74, 6) is -1.46. The quantitative estimate of drug-likeness (QED) is 0.387. The normalized spacial score (nSPS) is 11.0. The first-order valence-corrected chi connectivity index (χ1v) is 7.77. The molecule has 0 spiro atoms. The number of nitro groups is 3. The molecule has 0 atom stereocenters. The first-order chi connectivity index (χ1) is 13.3. The Kier molecular flexibility index (Phi) is 4.69. The van der Waals surface area contributed by atoms with Crippen LogP contribution in [0.3, 0.4) is 0 Å². The van der Waals surface area contributed by atoms with Gasteiger partial charge < -0.3 is 5.11 Å². The predicted octanol–water partition coefficient (Wildman–Crippen LogP) is 3.81. The van der Waals surface area contributed by atoms with Gasteiger partial charge in [-0.1, -0.05) is 48.6 Å². The molecule has 0 radical (unpaired) electrons. The maximum absolute atomic E-state index is 11.1. The van der Waals surface area contributed by atoms with Crippen LogP contribution in [0.4, 0.5) is 17.1 Å². The van der Waals surface area contributed by atoms with Crippen LogP contribution in [0.5, 0.6) is 5.75 Å². The molecule has 1 aliphatic rings. The molecule has 10 heteroatoms. The van der Waals surface area contributed by atoms with Gasteiger partial charge in [0.15, 0.2) is 0 Å². The fourth-order valence-electron chi connectivity index (χ4n) is 2.82. The zero-order valence-electron chi connectivity index (χ0n) is 14.0. The van der Waals surface area contributed by atoms with Gasteiger partial charge in [0.25, 0.3) is 17.1 Å².